The summed E-state index contributed by atoms with van der Waals surface area (Å²) in [5.41, 5.74) is 20.3. The maximum absolute atomic E-state index is 4.46. The van der Waals surface area contributed by atoms with Gasteiger partial charge in [0.1, 0.15) is 0 Å². The second-order valence-electron chi connectivity index (χ2n) is 18.4. The summed E-state index contributed by atoms with van der Waals surface area (Å²) in [5.74, 6) is 0. The van der Waals surface area contributed by atoms with Crippen LogP contribution in [-0.2, 0) is 0 Å². The molecule has 0 amide bonds. The highest BCUT2D eigenvalue weighted by Gasteiger charge is 2.20. The summed E-state index contributed by atoms with van der Waals surface area (Å²) in [7, 11) is 0. The molecule has 0 atom stereocenters. The summed E-state index contributed by atoms with van der Waals surface area (Å²) in [5, 5.41) is 12.5. The molecule has 0 N–H and O–H groups in total. The van der Waals surface area contributed by atoms with Crippen LogP contribution in [0.3, 0.4) is 0 Å². The lowest BCUT2D eigenvalue weighted by Crippen LogP contribution is -1.94. The van der Waals surface area contributed by atoms with Crippen LogP contribution in [0.5, 0.6) is 0 Å². The molecule has 0 heteroatoms. The summed E-state index contributed by atoms with van der Waals surface area (Å²) >= 11 is 0. The fourth-order valence-corrected chi connectivity index (χ4v) is 10.8. The highest BCUT2D eigenvalue weighted by Crippen LogP contribution is 2.47. The monoisotopic (exact) mass is 856 g/mol. The molecule has 0 saturated carbocycles. The van der Waals surface area contributed by atoms with Crippen molar-refractivity contribution in [2.45, 2.75) is 34.6 Å². The number of hydrogen-bond donors (Lipinski definition) is 0. The first-order chi connectivity index (χ1) is 32.7. The lowest BCUT2D eigenvalue weighted by Gasteiger charge is -2.20. The van der Waals surface area contributed by atoms with E-state index in [1.807, 2.05) is 6.08 Å². The minimum atomic E-state index is 0.896. The van der Waals surface area contributed by atoms with Crippen molar-refractivity contribution < 1.29 is 0 Å². The zero-order chi connectivity index (χ0) is 45.9. The van der Waals surface area contributed by atoms with E-state index in [1.165, 1.54) is 121 Å². The predicted octanol–water partition coefficient (Wildman–Crippen LogP) is 19.3. The average Bonchev–Trinajstić information content (AvgIpc) is 3.36. The molecule has 0 unspecified atom stereocenters. The number of benzene rings is 11. The zero-order valence-electron chi connectivity index (χ0n) is 39.0. The number of fused-ring (bicyclic) bond motifs is 6. The Balaban J connectivity index is 1.14. The molecule has 0 heterocycles. The Kier molecular flexibility index (Phi) is 10.4. The van der Waals surface area contributed by atoms with Crippen molar-refractivity contribution in [3.05, 3.63) is 241 Å². The molecular weight excluding hydrogens is 805 g/mol. The second-order valence-corrected chi connectivity index (χ2v) is 18.4. The van der Waals surface area contributed by atoms with Crippen LogP contribution in [0.25, 0.3) is 121 Å². The third-order valence-corrected chi connectivity index (χ3v) is 14.1. The van der Waals surface area contributed by atoms with Gasteiger partial charge in [0.2, 0.25) is 0 Å². The lowest BCUT2D eigenvalue weighted by molar-refractivity contribution is 1.32. The summed E-state index contributed by atoms with van der Waals surface area (Å²) in [6.45, 7) is 19.6. The maximum Gasteiger partial charge on any atom is -0.00201 e. The van der Waals surface area contributed by atoms with Crippen molar-refractivity contribution in [3.63, 3.8) is 0 Å². The van der Waals surface area contributed by atoms with E-state index in [0.717, 1.165) is 27.8 Å². The van der Waals surface area contributed by atoms with Crippen molar-refractivity contribution in [2.24, 2.45) is 0 Å². The number of allylic oxidation sites excluding steroid dienone is 4. The van der Waals surface area contributed by atoms with E-state index in [9.17, 15) is 0 Å². The Morgan fingerprint density at radius 2 is 0.896 bits per heavy atom. The smallest absolute Gasteiger partial charge is 0.00201 e. The Morgan fingerprint density at radius 1 is 0.388 bits per heavy atom. The van der Waals surface area contributed by atoms with Gasteiger partial charge in [-0.2, -0.15) is 0 Å². The third kappa shape index (κ3) is 7.27. The first-order valence-electron chi connectivity index (χ1n) is 23.4. The van der Waals surface area contributed by atoms with Gasteiger partial charge in [-0.1, -0.05) is 164 Å². The molecule has 0 saturated heterocycles. The van der Waals surface area contributed by atoms with Gasteiger partial charge >= 0.3 is 0 Å². The molecule has 0 radical (unpaired) electrons. The predicted molar refractivity (Wildman–Crippen MR) is 294 cm³/mol. The van der Waals surface area contributed by atoms with E-state index in [2.05, 4.69) is 242 Å². The van der Waals surface area contributed by atoms with Gasteiger partial charge < -0.3 is 0 Å². The zero-order valence-corrected chi connectivity index (χ0v) is 39.0. The molecule has 11 aromatic rings. The normalized spacial score (nSPS) is 11.9. The van der Waals surface area contributed by atoms with Crippen LogP contribution in [0.2, 0.25) is 0 Å². The minimum Gasteiger partial charge on any atom is -0.0985 e. The summed E-state index contributed by atoms with van der Waals surface area (Å²) < 4.78 is 0. The van der Waals surface area contributed by atoms with Gasteiger partial charge in [-0.05, 0) is 232 Å². The fraction of sp³-hybridized carbons (Fsp3) is 0.0746. The maximum atomic E-state index is 4.46. The first kappa shape index (κ1) is 41.6. The van der Waals surface area contributed by atoms with Crippen LogP contribution in [-0.4, -0.2) is 0 Å². The highest BCUT2D eigenvalue weighted by molar-refractivity contribution is 6.25. The van der Waals surface area contributed by atoms with Gasteiger partial charge in [0.15, 0.2) is 0 Å². The first-order valence-corrected chi connectivity index (χ1v) is 23.4. The van der Waals surface area contributed by atoms with Gasteiger partial charge in [0.05, 0.1) is 0 Å². The number of rotatable bonds is 8. The largest absolute Gasteiger partial charge is 0.0985 e. The molecular formula is C67H52. The van der Waals surface area contributed by atoms with Crippen LogP contribution in [0.1, 0.15) is 41.7 Å². The van der Waals surface area contributed by atoms with Crippen LogP contribution < -0.4 is 0 Å². The molecule has 320 valence electrons. The van der Waals surface area contributed by atoms with Crippen molar-refractivity contribution in [3.8, 4) is 55.6 Å². The van der Waals surface area contributed by atoms with Crippen molar-refractivity contribution in [1.29, 1.82) is 0 Å². The van der Waals surface area contributed by atoms with Crippen molar-refractivity contribution in [2.75, 3.05) is 0 Å². The van der Waals surface area contributed by atoms with Crippen molar-refractivity contribution in [1.82, 2.24) is 0 Å². The SMILES string of the molecule is C=CC(=C)c1cc(-c2cccc(-c3c(C)cc(C)cc3C)c2)cc(-c2cc(C(C)=CC)cc(-c3c4ccccc4c(-c4cccc5cc6ccc7ccccc7c6cc45)c4ccccc34)c2)c1. The molecule has 0 fully saturated rings. The van der Waals surface area contributed by atoms with E-state index in [1.54, 1.807) is 0 Å². The summed E-state index contributed by atoms with van der Waals surface area (Å²) in [6.07, 6.45) is 4.09. The Bertz CT molecular complexity index is 3810. The van der Waals surface area contributed by atoms with Gasteiger partial charge in [-0.3, -0.25) is 0 Å². The summed E-state index contributed by atoms with van der Waals surface area (Å²) in [4.78, 5) is 0. The Labute approximate surface area is 394 Å². The van der Waals surface area contributed by atoms with Crippen LogP contribution in [0.15, 0.2) is 213 Å². The average molecular weight is 857 g/mol. The molecule has 0 aliphatic heterocycles. The summed E-state index contributed by atoms with van der Waals surface area (Å²) in [6, 6.07) is 70.5. The van der Waals surface area contributed by atoms with Crippen molar-refractivity contribution >= 4 is 65.0 Å². The quantitative estimate of drug-likeness (QED) is 0.0811. The highest BCUT2D eigenvalue weighted by atomic mass is 14.2. The van der Waals surface area contributed by atoms with E-state index < -0.39 is 0 Å². The molecule has 11 rings (SSSR count). The van der Waals surface area contributed by atoms with E-state index >= 15 is 0 Å². The van der Waals surface area contributed by atoms with E-state index in [0.29, 0.717) is 0 Å². The van der Waals surface area contributed by atoms with E-state index in [4.69, 9.17) is 0 Å². The Morgan fingerprint density at radius 3 is 1.57 bits per heavy atom. The fourth-order valence-electron chi connectivity index (χ4n) is 10.8. The van der Waals surface area contributed by atoms with Crippen LogP contribution >= 0.6 is 0 Å². The molecule has 0 aliphatic carbocycles. The molecule has 11 aromatic carbocycles. The number of hydrogen-bond acceptors (Lipinski definition) is 0. The topological polar surface area (TPSA) is 0 Å². The van der Waals surface area contributed by atoms with E-state index in [-0.39, 0.29) is 0 Å². The molecule has 0 bridgehead atoms. The minimum absolute atomic E-state index is 0.896. The molecule has 67 heavy (non-hydrogen) atoms. The van der Waals surface area contributed by atoms with Gasteiger partial charge in [0, 0.05) is 0 Å². The molecule has 0 aromatic heterocycles. The molecule has 0 spiro atoms. The molecule has 0 aliphatic rings. The molecule has 0 nitrogen and oxygen atoms in total. The Hall–Kier alpha value is -8.06. The van der Waals surface area contributed by atoms with Gasteiger partial charge in [-0.25, -0.2) is 0 Å². The standard InChI is InChI=1S/C67H52/c1-8-42(4)51-34-53(47-19-16-21-50(32-47)65-44(6)30-41(3)31-45(65)7)38-54(35-51)55-36-52(43(5)9-2)37-56(39-55)66-58-23-12-14-25-60(58)67(61-26-15-13-24-59(61)66)62-27-17-20-48-33-49-29-28-46-18-10-11-22-57(46)63(49)40-64(48)62/h8-40H,1,4H2,2-3,5-7H3. The lowest BCUT2D eigenvalue weighted by atomic mass is 9.83. The second kappa shape index (κ2) is 16.7. The third-order valence-electron chi connectivity index (χ3n) is 14.1. The van der Waals surface area contributed by atoms with Crippen LogP contribution in [0, 0.1) is 20.8 Å². The van der Waals surface area contributed by atoms with Crippen LogP contribution in [0.4, 0.5) is 0 Å². The van der Waals surface area contributed by atoms with Gasteiger partial charge in [-0.15, -0.1) is 0 Å². The van der Waals surface area contributed by atoms with Gasteiger partial charge in [0.25, 0.3) is 0 Å². The number of aryl methyl sites for hydroxylation is 3.